The summed E-state index contributed by atoms with van der Waals surface area (Å²) in [6.45, 7) is 3.21. The molecule has 0 unspecified atom stereocenters. The van der Waals surface area contributed by atoms with E-state index in [9.17, 15) is 25.0 Å². The molecule has 0 fully saturated rings. The minimum atomic E-state index is -0.575. The number of thioether (sulfide) groups is 1. The maximum atomic E-state index is 12.6. The molecular weight excluding hydrogens is 416 g/mol. The van der Waals surface area contributed by atoms with Gasteiger partial charge in [-0.1, -0.05) is 17.8 Å². The fourth-order valence-electron chi connectivity index (χ4n) is 3.36. The van der Waals surface area contributed by atoms with Gasteiger partial charge in [0.05, 0.1) is 33.3 Å². The number of non-ortho nitro benzene ring substituents is 1. The molecule has 0 saturated heterocycles. The van der Waals surface area contributed by atoms with Crippen molar-refractivity contribution in [1.82, 2.24) is 10.3 Å². The quantitative estimate of drug-likeness (QED) is 0.395. The van der Waals surface area contributed by atoms with Crippen LogP contribution >= 0.6 is 11.8 Å². The van der Waals surface area contributed by atoms with Gasteiger partial charge in [0.15, 0.2) is 11.6 Å². The number of nitriles is 1. The lowest BCUT2D eigenvalue weighted by Gasteiger charge is -2.29. The van der Waals surface area contributed by atoms with Crippen molar-refractivity contribution < 1.29 is 14.5 Å². The molecule has 3 rings (SSSR count). The van der Waals surface area contributed by atoms with Gasteiger partial charge in [-0.15, -0.1) is 0 Å². The highest BCUT2D eigenvalue weighted by Crippen LogP contribution is 2.40. The van der Waals surface area contributed by atoms with Gasteiger partial charge in [0.25, 0.3) is 5.69 Å². The fourth-order valence-corrected chi connectivity index (χ4v) is 4.35. The van der Waals surface area contributed by atoms with Gasteiger partial charge in [-0.3, -0.25) is 24.7 Å². The number of allylic oxidation sites excluding steroid dienone is 3. The molecule has 2 heterocycles. The number of hydrogen-bond acceptors (Lipinski definition) is 8. The van der Waals surface area contributed by atoms with Crippen LogP contribution in [0.15, 0.2) is 70.7 Å². The van der Waals surface area contributed by atoms with Gasteiger partial charge in [-0.25, -0.2) is 0 Å². The molecule has 156 valence electrons. The lowest BCUT2D eigenvalue weighted by atomic mass is 9.81. The molecule has 8 nitrogen and oxygen atoms in total. The minimum absolute atomic E-state index is 0.0216. The summed E-state index contributed by atoms with van der Waals surface area (Å²) in [5.74, 6) is -0.941. The highest BCUT2D eigenvalue weighted by atomic mass is 32.2. The normalized spacial score (nSPS) is 15.8. The van der Waals surface area contributed by atoms with E-state index in [0.29, 0.717) is 33.0 Å². The second-order valence-electron chi connectivity index (χ2n) is 6.81. The molecule has 2 aromatic rings. The van der Waals surface area contributed by atoms with Crippen molar-refractivity contribution in [2.45, 2.75) is 19.8 Å². The lowest BCUT2D eigenvalue weighted by molar-refractivity contribution is -0.384. The molecule has 1 aliphatic heterocycles. The third-order valence-corrected chi connectivity index (χ3v) is 5.81. The Labute approximate surface area is 182 Å². The number of carbonyl (C=O) groups excluding carboxylic acids is 2. The summed E-state index contributed by atoms with van der Waals surface area (Å²) in [6.07, 6.45) is 3.23. The zero-order valence-corrected chi connectivity index (χ0v) is 17.6. The number of Topliss-reactive ketones (excluding diaryl/α,β-unsaturated/α-hetero) is 2. The number of pyridine rings is 1. The number of rotatable bonds is 7. The van der Waals surface area contributed by atoms with Crippen LogP contribution in [0.25, 0.3) is 0 Å². The van der Waals surface area contributed by atoms with Crippen molar-refractivity contribution in [3.63, 3.8) is 0 Å². The molecule has 1 aromatic carbocycles. The van der Waals surface area contributed by atoms with Gasteiger partial charge in [0.1, 0.15) is 0 Å². The molecule has 1 aromatic heterocycles. The Kier molecular flexibility index (Phi) is 6.62. The van der Waals surface area contributed by atoms with Crippen LogP contribution in [0.5, 0.6) is 0 Å². The Morgan fingerprint density at radius 3 is 2.55 bits per heavy atom. The first-order valence-electron chi connectivity index (χ1n) is 9.26. The molecule has 0 amide bonds. The summed E-state index contributed by atoms with van der Waals surface area (Å²) >= 11 is 1.16. The molecule has 0 aliphatic carbocycles. The van der Waals surface area contributed by atoms with E-state index >= 15 is 0 Å². The number of benzene rings is 1. The third-order valence-electron chi connectivity index (χ3n) is 4.79. The molecule has 1 atom stereocenters. The van der Waals surface area contributed by atoms with E-state index in [-0.39, 0.29) is 23.0 Å². The zero-order chi connectivity index (χ0) is 22.5. The van der Waals surface area contributed by atoms with Gasteiger partial charge in [-0.05, 0) is 37.6 Å². The van der Waals surface area contributed by atoms with Crippen LogP contribution < -0.4 is 5.32 Å². The third kappa shape index (κ3) is 4.70. The predicted molar refractivity (Wildman–Crippen MR) is 116 cm³/mol. The predicted octanol–water partition coefficient (Wildman–Crippen LogP) is 3.89. The second-order valence-corrected chi connectivity index (χ2v) is 7.80. The van der Waals surface area contributed by atoms with Crippen LogP contribution in [0.3, 0.4) is 0 Å². The number of nitro groups is 1. The van der Waals surface area contributed by atoms with Gasteiger partial charge in [0, 0.05) is 41.4 Å². The number of dihydropyridines is 1. The summed E-state index contributed by atoms with van der Waals surface area (Å²) in [6, 6.07) is 11.1. The molecular formula is C22H18N4O4S. The molecule has 0 bridgehead atoms. The number of hydrogen-bond donors (Lipinski definition) is 1. The number of nitrogens with zero attached hydrogens (tertiary/aromatic N) is 3. The van der Waals surface area contributed by atoms with Crippen molar-refractivity contribution in [1.29, 1.82) is 5.26 Å². The molecule has 1 aliphatic rings. The highest BCUT2D eigenvalue weighted by molar-refractivity contribution is 8.03. The number of nitro benzene ring substituents is 1. The first-order valence-corrected chi connectivity index (χ1v) is 10.3. The molecule has 0 radical (unpaired) electrons. The van der Waals surface area contributed by atoms with Crippen LogP contribution in [-0.2, 0) is 4.79 Å². The molecule has 9 heteroatoms. The topological polar surface area (TPSA) is 126 Å². The number of carbonyl (C=O) groups is 2. The second kappa shape index (κ2) is 9.36. The van der Waals surface area contributed by atoms with E-state index in [2.05, 4.69) is 16.4 Å². The zero-order valence-electron chi connectivity index (χ0n) is 16.8. The van der Waals surface area contributed by atoms with Gasteiger partial charge >= 0.3 is 0 Å². The van der Waals surface area contributed by atoms with Crippen molar-refractivity contribution in [3.8, 4) is 6.07 Å². The van der Waals surface area contributed by atoms with E-state index in [0.717, 1.165) is 11.8 Å². The van der Waals surface area contributed by atoms with Crippen LogP contribution in [0.4, 0.5) is 5.69 Å². The molecule has 0 spiro atoms. The monoisotopic (exact) mass is 434 g/mol. The van der Waals surface area contributed by atoms with E-state index in [4.69, 9.17) is 0 Å². The summed E-state index contributed by atoms with van der Waals surface area (Å²) in [5.41, 5.74) is 2.40. The summed E-state index contributed by atoms with van der Waals surface area (Å²) < 4.78 is 0. The Balaban J connectivity index is 1.89. The maximum Gasteiger partial charge on any atom is 0.269 e. The summed E-state index contributed by atoms with van der Waals surface area (Å²) in [7, 11) is 0. The highest BCUT2D eigenvalue weighted by Gasteiger charge is 2.33. The number of ketones is 2. The van der Waals surface area contributed by atoms with Gasteiger partial charge in [0.2, 0.25) is 0 Å². The van der Waals surface area contributed by atoms with Crippen molar-refractivity contribution in [2.75, 3.05) is 5.75 Å². The molecule has 31 heavy (non-hydrogen) atoms. The maximum absolute atomic E-state index is 12.6. The Hall–Kier alpha value is -3.77. The lowest BCUT2D eigenvalue weighted by Crippen LogP contribution is -2.27. The van der Waals surface area contributed by atoms with E-state index in [1.54, 1.807) is 31.5 Å². The van der Waals surface area contributed by atoms with Gasteiger partial charge in [-0.2, -0.15) is 5.26 Å². The van der Waals surface area contributed by atoms with Crippen LogP contribution in [0.1, 0.15) is 35.7 Å². The molecule has 0 saturated carbocycles. The smallest absolute Gasteiger partial charge is 0.269 e. The first-order chi connectivity index (χ1) is 14.8. The largest absolute Gasteiger partial charge is 0.353 e. The van der Waals surface area contributed by atoms with Crippen LogP contribution in [0.2, 0.25) is 0 Å². The summed E-state index contributed by atoms with van der Waals surface area (Å²) in [5, 5.41) is 24.2. The van der Waals surface area contributed by atoms with E-state index < -0.39 is 10.8 Å². The Morgan fingerprint density at radius 1 is 1.29 bits per heavy atom. The van der Waals surface area contributed by atoms with Crippen molar-refractivity contribution in [3.05, 3.63) is 91.9 Å². The van der Waals surface area contributed by atoms with Crippen LogP contribution in [-0.4, -0.2) is 27.2 Å². The Morgan fingerprint density at radius 2 is 2.00 bits per heavy atom. The molecule has 1 N–H and O–H groups in total. The number of nitrogens with one attached hydrogen (secondary N) is 1. The average molecular weight is 434 g/mol. The number of aromatic nitrogens is 1. The SMILES string of the molecule is CC(=O)C1=C(C)NC(SCC(=O)c2ccc([N+](=O)[O-])cc2)=C(C#N)[C@H]1c1cccnc1. The summed E-state index contributed by atoms with van der Waals surface area (Å²) in [4.78, 5) is 39.3. The van der Waals surface area contributed by atoms with Crippen molar-refractivity contribution in [2.24, 2.45) is 0 Å². The Bertz CT molecular complexity index is 1150. The van der Waals surface area contributed by atoms with Gasteiger partial charge < -0.3 is 5.32 Å². The average Bonchev–Trinajstić information content (AvgIpc) is 2.77. The first kappa shape index (κ1) is 21.9. The standard InChI is InChI=1S/C22H18N4O4S/c1-13-20(14(2)27)21(16-4-3-9-24-11-16)18(10-23)22(25-13)31-12-19(28)15-5-7-17(8-6-15)26(29)30/h3-9,11,21,25H,12H2,1-2H3/t21-/m1/s1. The van der Waals surface area contributed by atoms with Crippen molar-refractivity contribution >= 4 is 29.0 Å². The fraction of sp³-hybridized carbons (Fsp3) is 0.182. The minimum Gasteiger partial charge on any atom is -0.353 e. The van der Waals surface area contributed by atoms with Crippen LogP contribution in [0, 0.1) is 21.4 Å². The van der Waals surface area contributed by atoms with E-state index in [1.165, 1.54) is 31.2 Å². The van der Waals surface area contributed by atoms with E-state index in [1.807, 2.05) is 0 Å².